The number of amides is 1. The molecule has 0 bridgehead atoms. The number of ketones is 1. The summed E-state index contributed by atoms with van der Waals surface area (Å²) < 4.78 is 20.5. The van der Waals surface area contributed by atoms with Crippen LogP contribution in [0.5, 0.6) is 11.5 Å². The predicted molar refractivity (Wildman–Crippen MR) is 115 cm³/mol. The van der Waals surface area contributed by atoms with Gasteiger partial charge in [-0.2, -0.15) is 5.26 Å². The van der Waals surface area contributed by atoms with Gasteiger partial charge in [-0.25, -0.2) is 4.39 Å². The third kappa shape index (κ3) is 5.17. The summed E-state index contributed by atoms with van der Waals surface area (Å²) in [6, 6.07) is 10.3. The molecule has 3 rings (SSSR count). The number of rotatable bonds is 6. The summed E-state index contributed by atoms with van der Waals surface area (Å²) >= 11 is 18.0. The van der Waals surface area contributed by atoms with Gasteiger partial charge in [0.15, 0.2) is 17.3 Å². The van der Waals surface area contributed by atoms with Crippen molar-refractivity contribution in [1.29, 1.82) is 5.26 Å². The molecule has 0 saturated heterocycles. The third-order valence-corrected chi connectivity index (χ3v) is 4.98. The Bertz CT molecular complexity index is 1230. The van der Waals surface area contributed by atoms with Gasteiger partial charge < -0.3 is 15.0 Å². The highest BCUT2D eigenvalue weighted by Gasteiger charge is 2.19. The molecule has 0 unspecified atom stereocenters. The molecule has 0 atom stereocenters. The Kier molecular flexibility index (Phi) is 6.86. The Hall–Kier alpha value is -3.05. The summed E-state index contributed by atoms with van der Waals surface area (Å²) in [6.07, 6.45) is 0. The van der Waals surface area contributed by atoms with Gasteiger partial charge >= 0.3 is 0 Å². The molecule has 6 nitrogen and oxygen atoms in total. The average molecular weight is 481 g/mol. The van der Waals surface area contributed by atoms with E-state index in [4.69, 9.17) is 44.8 Å². The van der Waals surface area contributed by atoms with Crippen molar-refractivity contribution in [2.45, 2.75) is 13.5 Å². The molecule has 1 amide bonds. The Morgan fingerprint density at radius 2 is 1.90 bits per heavy atom. The largest absolute Gasteiger partial charge is 0.453 e. The van der Waals surface area contributed by atoms with Gasteiger partial charge in [0.05, 0.1) is 27.4 Å². The SMILES string of the molecule is CC(=O)c1cc(Cl)c(C(=O)NCc2ccc(Cl)c(Oc3cc(Cl)cc(C#N)c3)c2F)[nH]1. The molecule has 2 aromatic carbocycles. The number of H-pyrrole nitrogens is 1. The van der Waals surface area contributed by atoms with Gasteiger partial charge in [-0.3, -0.25) is 9.59 Å². The molecule has 0 aliphatic rings. The average Bonchev–Trinajstić information content (AvgIpc) is 3.12. The van der Waals surface area contributed by atoms with Crippen molar-refractivity contribution in [1.82, 2.24) is 10.3 Å². The van der Waals surface area contributed by atoms with E-state index < -0.39 is 11.7 Å². The van der Waals surface area contributed by atoms with E-state index in [0.29, 0.717) is 0 Å². The lowest BCUT2D eigenvalue weighted by Gasteiger charge is -2.13. The van der Waals surface area contributed by atoms with Crippen molar-refractivity contribution in [3.8, 4) is 17.6 Å². The Morgan fingerprint density at radius 3 is 2.55 bits per heavy atom. The minimum atomic E-state index is -0.798. The number of nitriles is 1. The highest BCUT2D eigenvalue weighted by molar-refractivity contribution is 6.34. The van der Waals surface area contributed by atoms with Crippen LogP contribution in [0.2, 0.25) is 15.1 Å². The maximum Gasteiger partial charge on any atom is 0.269 e. The van der Waals surface area contributed by atoms with Crippen LogP contribution in [-0.4, -0.2) is 16.7 Å². The molecule has 0 spiro atoms. The quantitative estimate of drug-likeness (QED) is 0.429. The Labute approximate surface area is 191 Å². The molecular formula is C21H13Cl3FN3O3. The normalized spacial score (nSPS) is 10.5. The summed E-state index contributed by atoms with van der Waals surface area (Å²) in [5.41, 5.74) is 0.488. The number of Topliss-reactive ketones (excluding diaryl/α,β-unsaturated/α-hetero) is 1. The lowest BCUT2D eigenvalue weighted by Crippen LogP contribution is -2.24. The Morgan fingerprint density at radius 1 is 1.16 bits per heavy atom. The van der Waals surface area contributed by atoms with Crippen LogP contribution in [0.25, 0.3) is 0 Å². The molecule has 31 heavy (non-hydrogen) atoms. The summed E-state index contributed by atoms with van der Waals surface area (Å²) in [5.74, 6) is -1.86. The van der Waals surface area contributed by atoms with Crippen molar-refractivity contribution in [2.24, 2.45) is 0 Å². The second-order valence-electron chi connectivity index (χ2n) is 6.38. The van der Waals surface area contributed by atoms with Crippen LogP contribution in [-0.2, 0) is 6.54 Å². The fourth-order valence-corrected chi connectivity index (χ4v) is 3.31. The van der Waals surface area contributed by atoms with E-state index in [9.17, 15) is 9.59 Å². The zero-order valence-corrected chi connectivity index (χ0v) is 18.1. The molecule has 0 saturated carbocycles. The minimum absolute atomic E-state index is 0.00966. The summed E-state index contributed by atoms with van der Waals surface area (Å²) in [7, 11) is 0. The van der Waals surface area contributed by atoms with Gasteiger partial charge in [0.1, 0.15) is 11.4 Å². The van der Waals surface area contributed by atoms with E-state index in [1.54, 1.807) is 0 Å². The molecule has 0 fully saturated rings. The molecule has 158 valence electrons. The van der Waals surface area contributed by atoms with E-state index in [-0.39, 0.29) is 61.4 Å². The minimum Gasteiger partial charge on any atom is -0.453 e. The first kappa shape index (κ1) is 22.6. The number of hydrogen-bond acceptors (Lipinski definition) is 4. The summed E-state index contributed by atoms with van der Waals surface area (Å²) in [4.78, 5) is 26.4. The number of ether oxygens (including phenoxy) is 1. The monoisotopic (exact) mass is 479 g/mol. The second kappa shape index (κ2) is 9.40. The van der Waals surface area contributed by atoms with Crippen LogP contribution in [0.15, 0.2) is 36.4 Å². The molecule has 0 aliphatic heterocycles. The van der Waals surface area contributed by atoms with Crippen molar-refractivity contribution in [3.63, 3.8) is 0 Å². The van der Waals surface area contributed by atoms with Gasteiger partial charge in [-0.05, 0) is 30.3 Å². The summed E-state index contributed by atoms with van der Waals surface area (Å²) in [5, 5.41) is 11.9. The zero-order chi connectivity index (χ0) is 22.7. The third-order valence-electron chi connectivity index (χ3n) is 4.16. The topological polar surface area (TPSA) is 95.0 Å². The fourth-order valence-electron chi connectivity index (χ4n) is 2.66. The molecule has 10 heteroatoms. The standard InChI is InChI=1S/C21H13Cl3FN3O3/c1-10(29)17-7-16(24)19(28-17)21(30)27-9-12-2-3-15(23)20(18(12)25)31-14-5-11(8-26)4-13(22)6-14/h2-7,28H,9H2,1H3,(H,27,30). The van der Waals surface area contributed by atoms with E-state index in [1.165, 1.54) is 43.3 Å². The van der Waals surface area contributed by atoms with Gasteiger partial charge in [-0.1, -0.05) is 40.9 Å². The van der Waals surface area contributed by atoms with Gasteiger partial charge in [-0.15, -0.1) is 0 Å². The van der Waals surface area contributed by atoms with Crippen LogP contribution in [0.1, 0.15) is 39.0 Å². The highest BCUT2D eigenvalue weighted by Crippen LogP contribution is 2.35. The number of aromatic amines is 1. The van der Waals surface area contributed by atoms with Gasteiger partial charge in [0.25, 0.3) is 5.91 Å². The van der Waals surface area contributed by atoms with Crippen molar-refractivity contribution >= 4 is 46.5 Å². The predicted octanol–water partition coefficient (Wildman–Crippen LogP) is 5.91. The molecule has 2 N–H and O–H groups in total. The van der Waals surface area contributed by atoms with Crippen molar-refractivity contribution in [2.75, 3.05) is 0 Å². The maximum atomic E-state index is 15.0. The van der Waals surface area contributed by atoms with Crippen molar-refractivity contribution < 1.29 is 18.7 Å². The first-order valence-electron chi connectivity index (χ1n) is 8.72. The van der Waals surface area contributed by atoms with Crippen LogP contribution in [0, 0.1) is 17.1 Å². The smallest absolute Gasteiger partial charge is 0.269 e. The fraction of sp³-hybridized carbons (Fsp3) is 0.0952. The lowest BCUT2D eigenvalue weighted by molar-refractivity contribution is 0.0946. The highest BCUT2D eigenvalue weighted by atomic mass is 35.5. The first-order valence-corrected chi connectivity index (χ1v) is 9.86. The molecular weight excluding hydrogens is 468 g/mol. The number of carbonyl (C=O) groups is 2. The lowest BCUT2D eigenvalue weighted by atomic mass is 10.2. The number of hydrogen-bond donors (Lipinski definition) is 2. The van der Waals surface area contributed by atoms with Crippen LogP contribution in [0.4, 0.5) is 4.39 Å². The Balaban J connectivity index is 1.81. The number of benzene rings is 2. The molecule has 3 aromatic rings. The first-order chi connectivity index (χ1) is 14.7. The van der Waals surface area contributed by atoms with E-state index >= 15 is 4.39 Å². The van der Waals surface area contributed by atoms with Crippen molar-refractivity contribution in [3.05, 3.63) is 79.8 Å². The number of aromatic nitrogens is 1. The molecule has 0 aliphatic carbocycles. The van der Waals surface area contributed by atoms with E-state index in [0.717, 1.165) is 0 Å². The zero-order valence-electron chi connectivity index (χ0n) is 15.9. The number of halogens is 4. The molecule has 1 aromatic heterocycles. The summed E-state index contributed by atoms with van der Waals surface area (Å²) in [6.45, 7) is 1.12. The number of carbonyl (C=O) groups excluding carboxylic acids is 2. The molecule has 0 radical (unpaired) electrons. The number of nitrogens with zero attached hydrogens (tertiary/aromatic N) is 1. The van der Waals surface area contributed by atoms with E-state index in [1.807, 2.05) is 6.07 Å². The molecule has 1 heterocycles. The van der Waals surface area contributed by atoms with Crippen LogP contribution in [0.3, 0.4) is 0 Å². The number of nitrogens with one attached hydrogen (secondary N) is 2. The maximum absolute atomic E-state index is 15.0. The van der Waals surface area contributed by atoms with Gasteiger partial charge in [0.2, 0.25) is 0 Å². The second-order valence-corrected chi connectivity index (χ2v) is 7.63. The van der Waals surface area contributed by atoms with Gasteiger partial charge in [0, 0.05) is 24.1 Å². The van der Waals surface area contributed by atoms with E-state index in [2.05, 4.69) is 10.3 Å². The van der Waals surface area contributed by atoms with Crippen LogP contribution < -0.4 is 10.1 Å². The van der Waals surface area contributed by atoms with Crippen LogP contribution >= 0.6 is 34.8 Å².